The van der Waals surface area contributed by atoms with Gasteiger partial charge in [-0.2, -0.15) is 13.2 Å². The lowest BCUT2D eigenvalue weighted by Crippen LogP contribution is -2.59. The highest BCUT2D eigenvalue weighted by Crippen LogP contribution is 2.35. The average molecular weight is 557 g/mol. The minimum absolute atomic E-state index is 0.0176. The summed E-state index contributed by atoms with van der Waals surface area (Å²) in [5, 5.41) is 0.222. The Morgan fingerprint density at radius 3 is 2.42 bits per heavy atom. The van der Waals surface area contributed by atoms with Crippen LogP contribution in [0.3, 0.4) is 0 Å². The Balaban J connectivity index is 1.45. The van der Waals surface area contributed by atoms with Crippen molar-refractivity contribution < 1.29 is 22.8 Å². The summed E-state index contributed by atoms with van der Waals surface area (Å²) in [7, 11) is 1.52. The molecule has 0 unspecified atom stereocenters. The number of hydrogen-bond acceptors (Lipinski definition) is 8. The average Bonchev–Trinajstić information content (AvgIpc) is 2.87. The predicted octanol–water partition coefficient (Wildman–Crippen LogP) is 1.92. The lowest BCUT2D eigenvalue weighted by Gasteiger charge is -2.49. The topological polar surface area (TPSA) is 124 Å². The minimum Gasteiger partial charge on any atom is -0.383 e. The first-order chi connectivity index (χ1) is 17.9. The number of aromatic nitrogens is 1. The third-order valence-electron chi connectivity index (χ3n) is 7.40. The Hall–Kier alpha value is -3.06. The second-order valence-electron chi connectivity index (χ2n) is 9.78. The number of allylic oxidation sites excluding steroid dienone is 1. The van der Waals surface area contributed by atoms with Crippen molar-refractivity contribution in [2.75, 3.05) is 52.0 Å². The van der Waals surface area contributed by atoms with Crippen molar-refractivity contribution in [3.8, 4) is 0 Å². The van der Waals surface area contributed by atoms with Crippen molar-refractivity contribution in [2.24, 2.45) is 10.7 Å². The van der Waals surface area contributed by atoms with Gasteiger partial charge in [0.15, 0.2) is 5.70 Å². The van der Waals surface area contributed by atoms with Gasteiger partial charge in [0.25, 0.3) is 11.8 Å². The molecule has 2 fully saturated rings. The van der Waals surface area contributed by atoms with Gasteiger partial charge in [-0.15, -0.1) is 0 Å². The van der Waals surface area contributed by atoms with Crippen LogP contribution in [0.5, 0.6) is 0 Å². The molecule has 3 aliphatic heterocycles. The van der Waals surface area contributed by atoms with E-state index in [1.165, 1.54) is 18.0 Å². The molecule has 1 aromatic heterocycles. The van der Waals surface area contributed by atoms with E-state index < -0.39 is 17.8 Å². The number of piperazine rings is 1. The molecule has 2 amide bonds. The van der Waals surface area contributed by atoms with E-state index in [1.54, 1.807) is 15.9 Å². The van der Waals surface area contributed by atoms with Crippen LogP contribution in [0.1, 0.15) is 36.5 Å². The standard InChI is InChI=1S/C24H32ClF3N8O2/c1-3-14-12-35(22-19(24(26,27)28)31-17(21(30)37)13-33(22)2)10-11-36(14)15-6-8-34(9-7-15)23(38)16-4-5-18(25)32-20(16)29/h4-5,14-15H,3,6-13H2,1-2H3,(H2,29,32)(H2,30,37)/t14-/m0/s1. The van der Waals surface area contributed by atoms with Crippen LogP contribution in [-0.2, 0) is 4.79 Å². The van der Waals surface area contributed by atoms with Crippen LogP contribution in [0, 0.1) is 0 Å². The molecule has 0 aliphatic carbocycles. The maximum absolute atomic E-state index is 13.9. The van der Waals surface area contributed by atoms with Crippen molar-refractivity contribution in [3.63, 3.8) is 0 Å². The molecule has 4 N–H and O–H groups in total. The van der Waals surface area contributed by atoms with Crippen LogP contribution in [0.15, 0.2) is 28.6 Å². The Morgan fingerprint density at radius 1 is 1.16 bits per heavy atom. The molecule has 1 atom stereocenters. The number of primary amides is 1. The molecule has 208 valence electrons. The van der Waals surface area contributed by atoms with Gasteiger partial charge in [0.2, 0.25) is 0 Å². The maximum Gasteiger partial charge on any atom is 0.436 e. The first-order valence-corrected chi connectivity index (χ1v) is 12.9. The number of rotatable bonds is 5. The zero-order valence-electron chi connectivity index (χ0n) is 21.3. The van der Waals surface area contributed by atoms with Gasteiger partial charge in [0, 0.05) is 51.9 Å². The summed E-state index contributed by atoms with van der Waals surface area (Å²) in [4.78, 5) is 39.3. The van der Waals surface area contributed by atoms with Crippen LogP contribution < -0.4 is 11.5 Å². The second-order valence-corrected chi connectivity index (χ2v) is 10.2. The van der Waals surface area contributed by atoms with E-state index in [0.29, 0.717) is 38.3 Å². The van der Waals surface area contributed by atoms with Crippen molar-refractivity contribution >= 4 is 34.9 Å². The van der Waals surface area contributed by atoms with Crippen LogP contribution >= 0.6 is 11.6 Å². The molecule has 0 aromatic carbocycles. The van der Waals surface area contributed by atoms with E-state index in [9.17, 15) is 22.8 Å². The second kappa shape index (κ2) is 11.0. The number of piperidine rings is 1. The van der Waals surface area contributed by atoms with E-state index in [0.717, 1.165) is 19.3 Å². The van der Waals surface area contributed by atoms with Gasteiger partial charge in [-0.25, -0.2) is 9.98 Å². The minimum atomic E-state index is -4.73. The lowest BCUT2D eigenvalue weighted by molar-refractivity contribution is -0.112. The molecule has 1 aromatic rings. The zero-order chi connectivity index (χ0) is 27.8. The number of nitrogen functional groups attached to an aromatic ring is 1. The zero-order valence-corrected chi connectivity index (χ0v) is 22.1. The third-order valence-corrected chi connectivity index (χ3v) is 7.61. The number of pyridine rings is 1. The van der Waals surface area contributed by atoms with E-state index in [1.807, 2.05) is 6.92 Å². The number of hydrogen-bond donors (Lipinski definition) is 2. The third kappa shape index (κ3) is 5.68. The van der Waals surface area contributed by atoms with Crippen LogP contribution in [0.4, 0.5) is 19.0 Å². The van der Waals surface area contributed by atoms with E-state index in [4.69, 9.17) is 23.1 Å². The Labute approximate surface area is 224 Å². The molecular weight excluding hydrogens is 525 g/mol. The van der Waals surface area contributed by atoms with Crippen LogP contribution in [0.25, 0.3) is 0 Å². The summed E-state index contributed by atoms with van der Waals surface area (Å²) in [6, 6.07) is 3.33. The molecule has 0 radical (unpaired) electrons. The van der Waals surface area contributed by atoms with Gasteiger partial charge in [0.05, 0.1) is 12.1 Å². The molecule has 14 heteroatoms. The summed E-state index contributed by atoms with van der Waals surface area (Å²) in [5.41, 5.74) is 10.0. The summed E-state index contributed by atoms with van der Waals surface area (Å²) >= 11 is 5.85. The fraction of sp³-hybridized carbons (Fsp3) is 0.583. The monoisotopic (exact) mass is 556 g/mol. The Bertz CT molecular complexity index is 1150. The van der Waals surface area contributed by atoms with Gasteiger partial charge < -0.3 is 26.2 Å². The predicted molar refractivity (Wildman–Crippen MR) is 137 cm³/mol. The molecule has 2 saturated heterocycles. The normalized spacial score (nSPS) is 22.1. The van der Waals surface area contributed by atoms with Crippen molar-refractivity contribution in [1.29, 1.82) is 0 Å². The van der Waals surface area contributed by atoms with Crippen molar-refractivity contribution in [1.82, 2.24) is 24.6 Å². The number of carbonyl (C=O) groups excluding carboxylic acids is 2. The molecular formula is C24H32ClF3N8O2. The molecule has 0 bridgehead atoms. The van der Waals surface area contributed by atoms with E-state index >= 15 is 0 Å². The highest BCUT2D eigenvalue weighted by Gasteiger charge is 2.44. The number of nitrogens with zero attached hydrogens (tertiary/aromatic N) is 6. The number of likely N-dealkylation sites (tertiary alicyclic amines) is 1. The summed E-state index contributed by atoms with van der Waals surface area (Å²) in [5.74, 6) is -1.09. The first kappa shape index (κ1) is 28.0. The summed E-state index contributed by atoms with van der Waals surface area (Å²) < 4.78 is 41.8. The number of anilines is 1. The maximum atomic E-state index is 13.9. The Morgan fingerprint density at radius 2 is 1.84 bits per heavy atom. The molecule has 4 rings (SSSR count). The highest BCUT2D eigenvalue weighted by atomic mass is 35.5. The van der Waals surface area contributed by atoms with Gasteiger partial charge >= 0.3 is 6.18 Å². The molecule has 10 nitrogen and oxygen atoms in total. The van der Waals surface area contributed by atoms with Crippen LogP contribution in [0.2, 0.25) is 5.15 Å². The fourth-order valence-electron chi connectivity index (χ4n) is 5.52. The molecule has 38 heavy (non-hydrogen) atoms. The van der Waals surface area contributed by atoms with Crippen LogP contribution in [-0.4, -0.2) is 107 Å². The molecule has 0 spiro atoms. The number of nitrogens with two attached hydrogens (primary N) is 2. The van der Waals surface area contributed by atoms with Gasteiger partial charge in [0.1, 0.15) is 22.5 Å². The van der Waals surface area contributed by atoms with Gasteiger partial charge in [-0.3, -0.25) is 14.5 Å². The number of carbonyl (C=O) groups is 2. The number of amides is 2. The largest absolute Gasteiger partial charge is 0.436 e. The fourth-order valence-corrected chi connectivity index (χ4v) is 5.68. The number of aliphatic imine (C=N–C) groups is 1. The van der Waals surface area contributed by atoms with Gasteiger partial charge in [-0.1, -0.05) is 18.5 Å². The van der Waals surface area contributed by atoms with Crippen molar-refractivity contribution in [2.45, 2.75) is 44.4 Å². The summed E-state index contributed by atoms with van der Waals surface area (Å²) in [6.07, 6.45) is -2.50. The molecule has 4 heterocycles. The van der Waals surface area contributed by atoms with Crippen molar-refractivity contribution in [3.05, 3.63) is 34.4 Å². The van der Waals surface area contributed by atoms with E-state index in [-0.39, 0.29) is 47.0 Å². The smallest absolute Gasteiger partial charge is 0.383 e. The first-order valence-electron chi connectivity index (χ1n) is 12.5. The Kier molecular flexibility index (Phi) is 8.07. The molecule has 3 aliphatic rings. The lowest BCUT2D eigenvalue weighted by atomic mass is 9.97. The molecule has 0 saturated carbocycles. The SMILES string of the molecule is CC[C@H]1CN(C2=C(C(F)(F)F)N=C(C(N)=O)CN2C)CCN1C1CCN(C(=O)c2ccc(Cl)nc2N)CC1. The number of halogens is 4. The van der Waals surface area contributed by atoms with Gasteiger partial charge in [-0.05, 0) is 31.4 Å². The number of alkyl halides is 3. The quantitative estimate of drug-likeness (QED) is 0.531. The highest BCUT2D eigenvalue weighted by molar-refractivity contribution is 6.39. The summed E-state index contributed by atoms with van der Waals surface area (Å²) in [6.45, 7) is 4.36. The van der Waals surface area contributed by atoms with E-state index in [2.05, 4.69) is 14.9 Å².